The molecule has 0 saturated heterocycles. The summed E-state index contributed by atoms with van der Waals surface area (Å²) in [5.74, 6) is 0. The Morgan fingerprint density at radius 2 is 1.52 bits per heavy atom. The molecule has 6 heteroatoms. The molecule has 0 aliphatic carbocycles. The molecule has 3 aromatic rings. The van der Waals surface area contributed by atoms with Crippen LogP contribution in [0.1, 0.15) is 5.69 Å². The van der Waals surface area contributed by atoms with E-state index in [1.54, 1.807) is 18.2 Å². The zero-order valence-electron chi connectivity index (χ0n) is 11.9. The topological polar surface area (TPSA) is 83.7 Å². The van der Waals surface area contributed by atoms with Gasteiger partial charge < -0.3 is 0 Å². The average Bonchev–Trinajstić information content (AvgIpc) is 2.62. The van der Waals surface area contributed by atoms with E-state index in [0.717, 1.165) is 5.56 Å². The predicted octanol–water partition coefficient (Wildman–Crippen LogP) is 2.85. The van der Waals surface area contributed by atoms with Crippen molar-refractivity contribution < 1.29 is 8.42 Å². The van der Waals surface area contributed by atoms with Crippen LogP contribution in [0.15, 0.2) is 76.8 Å². The normalized spacial score (nSPS) is 10.9. The number of nitrogens with zero attached hydrogens (tertiary/aromatic N) is 3. The van der Waals surface area contributed by atoms with Gasteiger partial charge in [-0.15, -0.1) is 0 Å². The third-order valence-corrected chi connectivity index (χ3v) is 4.92. The van der Waals surface area contributed by atoms with Gasteiger partial charge in [-0.3, -0.25) is 0 Å². The zero-order valence-corrected chi connectivity index (χ0v) is 12.7. The first-order chi connectivity index (χ1) is 11.1. The second kappa shape index (κ2) is 5.99. The Morgan fingerprint density at radius 3 is 2.13 bits per heavy atom. The van der Waals surface area contributed by atoms with E-state index in [4.69, 9.17) is 0 Å². The first-order valence-electron chi connectivity index (χ1n) is 6.75. The average molecular weight is 321 g/mol. The number of hydrogen-bond donors (Lipinski definition) is 0. The van der Waals surface area contributed by atoms with Gasteiger partial charge in [-0.25, -0.2) is 18.4 Å². The summed E-state index contributed by atoms with van der Waals surface area (Å²) in [6.45, 7) is 0. The molecule has 23 heavy (non-hydrogen) atoms. The van der Waals surface area contributed by atoms with Crippen LogP contribution in [0.3, 0.4) is 0 Å². The van der Waals surface area contributed by atoms with Gasteiger partial charge in [0.15, 0.2) is 10.7 Å². The lowest BCUT2D eigenvalue weighted by Crippen LogP contribution is -2.09. The van der Waals surface area contributed by atoms with Crippen LogP contribution in [0.25, 0.3) is 11.3 Å². The van der Waals surface area contributed by atoms with Crippen molar-refractivity contribution in [3.05, 3.63) is 72.6 Å². The van der Waals surface area contributed by atoms with Crippen molar-refractivity contribution in [3.63, 3.8) is 0 Å². The van der Waals surface area contributed by atoms with E-state index >= 15 is 0 Å². The van der Waals surface area contributed by atoms with Crippen LogP contribution >= 0.6 is 0 Å². The van der Waals surface area contributed by atoms with E-state index in [2.05, 4.69) is 9.97 Å². The van der Waals surface area contributed by atoms with Crippen LogP contribution in [-0.2, 0) is 9.84 Å². The minimum atomic E-state index is -3.88. The summed E-state index contributed by atoms with van der Waals surface area (Å²) in [6.07, 6.45) is 1.37. The molecule has 0 fully saturated rings. The third-order valence-electron chi connectivity index (χ3n) is 3.22. The predicted molar refractivity (Wildman–Crippen MR) is 84.1 cm³/mol. The lowest BCUT2D eigenvalue weighted by Gasteiger charge is -2.07. The van der Waals surface area contributed by atoms with Crippen LogP contribution in [0.4, 0.5) is 0 Å². The molecule has 5 nitrogen and oxygen atoms in total. The molecule has 0 amide bonds. The molecule has 3 rings (SSSR count). The summed E-state index contributed by atoms with van der Waals surface area (Å²) >= 11 is 0. The third kappa shape index (κ3) is 2.82. The first-order valence-corrected chi connectivity index (χ1v) is 8.24. The number of sulfone groups is 1. The fourth-order valence-electron chi connectivity index (χ4n) is 2.11. The number of aromatic nitrogens is 2. The molecule has 2 aromatic carbocycles. The van der Waals surface area contributed by atoms with Gasteiger partial charge in [0, 0.05) is 5.56 Å². The molecule has 0 N–H and O–H groups in total. The molecule has 0 bridgehead atoms. The standard InChI is InChI=1S/C17H11N3O2S/c18-11-15-17(23(21,22)14-9-5-2-6-10-14)19-12-16(20-15)13-7-3-1-4-8-13/h1-10,12H. The molecule has 0 aliphatic rings. The van der Waals surface area contributed by atoms with Gasteiger partial charge >= 0.3 is 0 Å². The molecule has 112 valence electrons. The molecular formula is C17H11N3O2S. The molecule has 0 aliphatic heterocycles. The number of benzene rings is 2. The maximum atomic E-state index is 12.6. The summed E-state index contributed by atoms with van der Waals surface area (Å²) in [7, 11) is -3.88. The van der Waals surface area contributed by atoms with Crippen molar-refractivity contribution in [1.29, 1.82) is 5.26 Å². The molecule has 0 spiro atoms. The largest absolute Gasteiger partial charge is 0.239 e. The first kappa shape index (κ1) is 14.9. The Balaban J connectivity index is 2.14. The second-order valence-corrected chi connectivity index (χ2v) is 6.57. The molecule has 0 atom stereocenters. The summed E-state index contributed by atoms with van der Waals surface area (Å²) in [6, 6.07) is 18.9. The second-order valence-electron chi connectivity index (χ2n) is 4.70. The number of rotatable bonds is 3. The Bertz CT molecular complexity index is 979. The van der Waals surface area contributed by atoms with Crippen molar-refractivity contribution in [2.24, 2.45) is 0 Å². The van der Waals surface area contributed by atoms with Crippen LogP contribution in [0, 0.1) is 11.3 Å². The fourth-order valence-corrected chi connectivity index (χ4v) is 3.38. The van der Waals surface area contributed by atoms with Crippen molar-refractivity contribution in [1.82, 2.24) is 9.97 Å². The lowest BCUT2D eigenvalue weighted by molar-refractivity contribution is 0.591. The van der Waals surface area contributed by atoms with Crippen molar-refractivity contribution >= 4 is 9.84 Å². The molecule has 0 unspecified atom stereocenters. The molecule has 0 radical (unpaired) electrons. The van der Waals surface area contributed by atoms with Crippen LogP contribution in [0.2, 0.25) is 0 Å². The number of hydrogen-bond acceptors (Lipinski definition) is 5. The Kier molecular flexibility index (Phi) is 3.87. The molecular weight excluding hydrogens is 310 g/mol. The van der Waals surface area contributed by atoms with E-state index in [9.17, 15) is 13.7 Å². The maximum Gasteiger partial charge on any atom is 0.226 e. The summed E-state index contributed by atoms with van der Waals surface area (Å²) in [5, 5.41) is 8.96. The van der Waals surface area contributed by atoms with Crippen molar-refractivity contribution in [2.45, 2.75) is 9.92 Å². The Labute approximate surface area is 133 Å². The van der Waals surface area contributed by atoms with Crippen LogP contribution in [0.5, 0.6) is 0 Å². The highest BCUT2D eigenvalue weighted by atomic mass is 32.2. The Morgan fingerprint density at radius 1 is 0.913 bits per heavy atom. The quantitative estimate of drug-likeness (QED) is 0.740. The SMILES string of the molecule is N#Cc1nc(-c2ccccc2)cnc1S(=O)(=O)c1ccccc1. The molecule has 0 saturated carbocycles. The molecule has 1 aromatic heterocycles. The van der Waals surface area contributed by atoms with Gasteiger partial charge in [0.2, 0.25) is 9.84 Å². The van der Waals surface area contributed by atoms with Gasteiger partial charge in [0.25, 0.3) is 0 Å². The maximum absolute atomic E-state index is 12.6. The molecule has 1 heterocycles. The van der Waals surface area contributed by atoms with E-state index in [1.807, 2.05) is 36.4 Å². The number of nitriles is 1. The smallest absolute Gasteiger partial charge is 0.226 e. The minimum Gasteiger partial charge on any atom is -0.239 e. The van der Waals surface area contributed by atoms with Gasteiger partial charge in [-0.05, 0) is 12.1 Å². The highest BCUT2D eigenvalue weighted by Crippen LogP contribution is 2.23. The zero-order chi connectivity index (χ0) is 16.3. The summed E-state index contributed by atoms with van der Waals surface area (Å²) in [5.41, 5.74) is 1.00. The van der Waals surface area contributed by atoms with Gasteiger partial charge in [0.05, 0.1) is 16.8 Å². The lowest BCUT2D eigenvalue weighted by atomic mass is 10.2. The Hall–Kier alpha value is -3.04. The monoisotopic (exact) mass is 321 g/mol. The fraction of sp³-hybridized carbons (Fsp3) is 0. The van der Waals surface area contributed by atoms with E-state index in [1.165, 1.54) is 18.3 Å². The van der Waals surface area contributed by atoms with Gasteiger partial charge in [-0.1, -0.05) is 48.5 Å². The summed E-state index contributed by atoms with van der Waals surface area (Å²) < 4.78 is 25.2. The highest BCUT2D eigenvalue weighted by molar-refractivity contribution is 7.91. The van der Waals surface area contributed by atoms with E-state index < -0.39 is 9.84 Å². The van der Waals surface area contributed by atoms with Crippen LogP contribution < -0.4 is 0 Å². The summed E-state index contributed by atoms with van der Waals surface area (Å²) in [4.78, 5) is 8.23. The van der Waals surface area contributed by atoms with Gasteiger partial charge in [0.1, 0.15) is 6.07 Å². The highest BCUT2D eigenvalue weighted by Gasteiger charge is 2.24. The van der Waals surface area contributed by atoms with E-state index in [-0.39, 0.29) is 15.6 Å². The van der Waals surface area contributed by atoms with Crippen molar-refractivity contribution in [3.8, 4) is 17.3 Å². The van der Waals surface area contributed by atoms with Crippen LogP contribution in [-0.4, -0.2) is 18.4 Å². The van der Waals surface area contributed by atoms with E-state index in [0.29, 0.717) is 5.69 Å². The minimum absolute atomic E-state index is 0.0817. The van der Waals surface area contributed by atoms with Crippen molar-refractivity contribution in [2.75, 3.05) is 0 Å². The van der Waals surface area contributed by atoms with Gasteiger partial charge in [-0.2, -0.15) is 5.26 Å².